The Morgan fingerprint density at radius 2 is 1.24 bits per heavy atom. The van der Waals surface area contributed by atoms with Crippen LogP contribution >= 0.6 is 0 Å². The molecule has 5 nitrogen and oxygen atoms in total. The Bertz CT molecular complexity index is 2920. The van der Waals surface area contributed by atoms with E-state index in [0.29, 0.717) is 11.1 Å². The molecule has 0 amide bonds. The van der Waals surface area contributed by atoms with Crippen LogP contribution in [0, 0.1) is 36.5 Å². The van der Waals surface area contributed by atoms with Gasteiger partial charge in [-0.2, -0.15) is 10.5 Å². The molecule has 1 unspecified atom stereocenters. The van der Waals surface area contributed by atoms with Gasteiger partial charge in [0.1, 0.15) is 11.2 Å². The van der Waals surface area contributed by atoms with Crippen LogP contribution in [0.1, 0.15) is 35.6 Å². The zero-order valence-electron chi connectivity index (χ0n) is 30.3. The molecule has 5 heteroatoms. The van der Waals surface area contributed by atoms with E-state index < -0.39 is 0 Å². The quantitative estimate of drug-likeness (QED) is 0.173. The number of rotatable bonds is 6. The van der Waals surface area contributed by atoms with Crippen molar-refractivity contribution in [3.8, 4) is 12.1 Å². The normalized spacial score (nSPS) is 13.9. The molecule has 0 bridgehead atoms. The van der Waals surface area contributed by atoms with Crippen LogP contribution in [0.5, 0.6) is 0 Å². The van der Waals surface area contributed by atoms with E-state index in [1.54, 1.807) is 0 Å². The number of aryl methyl sites for hydroxylation is 2. The first-order valence-electron chi connectivity index (χ1n) is 18.2. The molecule has 0 radical (unpaired) electrons. The summed E-state index contributed by atoms with van der Waals surface area (Å²) in [6.45, 7) is 6.51. The standard InChI is InChI=1S/C49H36N4O/c1-31-8-4-6-10-45(31)52(39-18-12-34(29-50)13-19-39)41-22-16-36-25-43-44-26-37-17-23-47(33(3)42(37)28-49(44)54-48(43)27-38(36)24-41)53(46-11-7-5-9-32(46)2)40-20-14-35(30-51)15-21-40/h4-10,12-28,46H,11H2,1-3H3. The van der Waals surface area contributed by atoms with Gasteiger partial charge in [-0.05, 0) is 157 Å². The first kappa shape index (κ1) is 32.8. The lowest BCUT2D eigenvalue weighted by Crippen LogP contribution is -2.33. The maximum Gasteiger partial charge on any atom is 0.136 e. The molecule has 0 saturated carbocycles. The summed E-state index contributed by atoms with van der Waals surface area (Å²) in [4.78, 5) is 4.66. The molecule has 54 heavy (non-hydrogen) atoms. The lowest BCUT2D eigenvalue weighted by atomic mass is 9.94. The second-order valence-electron chi connectivity index (χ2n) is 14.2. The molecule has 8 aromatic rings. The molecule has 0 saturated heterocycles. The van der Waals surface area contributed by atoms with Crippen LogP contribution in [0.4, 0.5) is 28.4 Å². The van der Waals surface area contributed by atoms with Gasteiger partial charge in [0.15, 0.2) is 0 Å². The SMILES string of the molecule is CC1=CC=CCC1N(c1ccc(C#N)cc1)c1ccc2cc3c(cc2c1C)oc1cc2cc(N(c4ccc(C#N)cc4)c4ccccc4C)ccc2cc13. The minimum absolute atomic E-state index is 0.157. The van der Waals surface area contributed by atoms with Gasteiger partial charge < -0.3 is 14.2 Å². The summed E-state index contributed by atoms with van der Waals surface area (Å²) in [6, 6.07) is 48.5. The van der Waals surface area contributed by atoms with E-state index in [-0.39, 0.29) is 6.04 Å². The van der Waals surface area contributed by atoms with Crippen LogP contribution in [0.3, 0.4) is 0 Å². The van der Waals surface area contributed by atoms with Crippen LogP contribution < -0.4 is 9.80 Å². The topological polar surface area (TPSA) is 67.2 Å². The van der Waals surface area contributed by atoms with E-state index in [1.807, 2.05) is 36.4 Å². The Morgan fingerprint density at radius 3 is 1.94 bits per heavy atom. The highest BCUT2D eigenvalue weighted by Crippen LogP contribution is 2.43. The summed E-state index contributed by atoms with van der Waals surface area (Å²) in [5.74, 6) is 0. The van der Waals surface area contributed by atoms with Gasteiger partial charge in [0.2, 0.25) is 0 Å². The molecule has 0 spiro atoms. The van der Waals surface area contributed by atoms with Gasteiger partial charge in [-0.1, -0.05) is 54.1 Å². The van der Waals surface area contributed by atoms with Gasteiger partial charge in [-0.15, -0.1) is 0 Å². The minimum Gasteiger partial charge on any atom is -0.456 e. The Labute approximate surface area is 314 Å². The van der Waals surface area contributed by atoms with E-state index in [4.69, 9.17) is 4.42 Å². The minimum atomic E-state index is 0.157. The fourth-order valence-electron chi connectivity index (χ4n) is 8.01. The lowest BCUT2D eigenvalue weighted by Gasteiger charge is -2.36. The Hall–Kier alpha value is -7.08. The third-order valence-electron chi connectivity index (χ3n) is 10.9. The van der Waals surface area contributed by atoms with Crippen LogP contribution in [0.25, 0.3) is 43.5 Å². The molecular formula is C49H36N4O. The Morgan fingerprint density at radius 1 is 0.593 bits per heavy atom. The van der Waals surface area contributed by atoms with E-state index in [2.05, 4.69) is 152 Å². The molecule has 1 heterocycles. The largest absolute Gasteiger partial charge is 0.456 e. The van der Waals surface area contributed by atoms with Crippen molar-refractivity contribution in [2.45, 2.75) is 33.2 Å². The molecular weight excluding hydrogens is 661 g/mol. The highest BCUT2D eigenvalue weighted by Gasteiger charge is 2.25. The first-order chi connectivity index (χ1) is 26.4. The van der Waals surface area contributed by atoms with Crippen LogP contribution in [0.15, 0.2) is 156 Å². The molecule has 9 rings (SSSR count). The van der Waals surface area contributed by atoms with Gasteiger partial charge in [-0.25, -0.2) is 0 Å². The summed E-state index contributed by atoms with van der Waals surface area (Å²) in [6.07, 6.45) is 7.45. The number of hydrogen-bond acceptors (Lipinski definition) is 5. The van der Waals surface area contributed by atoms with Crippen LogP contribution in [-0.4, -0.2) is 6.04 Å². The van der Waals surface area contributed by atoms with Gasteiger partial charge in [0.25, 0.3) is 0 Å². The number of nitriles is 2. The summed E-state index contributed by atoms with van der Waals surface area (Å²) >= 11 is 0. The van der Waals surface area contributed by atoms with Gasteiger partial charge >= 0.3 is 0 Å². The number of anilines is 5. The van der Waals surface area contributed by atoms with E-state index in [1.165, 1.54) is 11.1 Å². The predicted octanol–water partition coefficient (Wildman–Crippen LogP) is 13.1. The van der Waals surface area contributed by atoms with Crippen molar-refractivity contribution >= 4 is 71.9 Å². The Balaban J connectivity index is 1.16. The summed E-state index contributed by atoms with van der Waals surface area (Å²) in [5, 5.41) is 25.6. The monoisotopic (exact) mass is 696 g/mol. The summed E-state index contributed by atoms with van der Waals surface area (Å²) < 4.78 is 6.68. The average molecular weight is 697 g/mol. The summed E-state index contributed by atoms with van der Waals surface area (Å²) in [7, 11) is 0. The van der Waals surface area contributed by atoms with Crippen molar-refractivity contribution in [1.82, 2.24) is 0 Å². The third kappa shape index (κ3) is 5.55. The van der Waals surface area contributed by atoms with Crippen molar-refractivity contribution in [2.75, 3.05) is 9.80 Å². The second-order valence-corrected chi connectivity index (χ2v) is 14.2. The average Bonchev–Trinajstić information content (AvgIpc) is 3.55. The third-order valence-corrected chi connectivity index (χ3v) is 10.9. The van der Waals surface area contributed by atoms with Crippen molar-refractivity contribution < 1.29 is 4.42 Å². The molecule has 1 aromatic heterocycles. The second kappa shape index (κ2) is 13.2. The van der Waals surface area contributed by atoms with Crippen LogP contribution in [0.2, 0.25) is 0 Å². The van der Waals surface area contributed by atoms with Crippen molar-refractivity contribution in [3.05, 3.63) is 173 Å². The van der Waals surface area contributed by atoms with Gasteiger partial charge in [0.05, 0.1) is 29.3 Å². The maximum absolute atomic E-state index is 9.47. The zero-order valence-corrected chi connectivity index (χ0v) is 30.3. The number of furan rings is 1. The number of hydrogen-bond donors (Lipinski definition) is 0. The lowest BCUT2D eigenvalue weighted by molar-refractivity contribution is 0.670. The number of nitrogens with zero attached hydrogens (tertiary/aromatic N) is 4. The van der Waals surface area contributed by atoms with E-state index in [0.717, 1.165) is 83.9 Å². The predicted molar refractivity (Wildman–Crippen MR) is 222 cm³/mol. The molecule has 1 aliphatic carbocycles. The van der Waals surface area contributed by atoms with Gasteiger partial charge in [0, 0.05) is 39.2 Å². The molecule has 1 aliphatic rings. The highest BCUT2D eigenvalue weighted by molar-refractivity contribution is 6.14. The summed E-state index contributed by atoms with van der Waals surface area (Å²) in [5.41, 5.74) is 11.9. The number of para-hydroxylation sites is 1. The number of allylic oxidation sites excluding steroid dienone is 2. The Kier molecular flexibility index (Phi) is 7.99. The molecule has 258 valence electrons. The maximum atomic E-state index is 9.47. The van der Waals surface area contributed by atoms with Crippen molar-refractivity contribution in [2.24, 2.45) is 0 Å². The smallest absolute Gasteiger partial charge is 0.136 e. The molecule has 1 atom stereocenters. The fraction of sp³-hybridized carbons (Fsp3) is 0.102. The molecule has 0 fully saturated rings. The van der Waals surface area contributed by atoms with Crippen molar-refractivity contribution in [3.63, 3.8) is 0 Å². The van der Waals surface area contributed by atoms with Crippen LogP contribution in [-0.2, 0) is 0 Å². The molecule has 7 aromatic carbocycles. The fourth-order valence-corrected chi connectivity index (χ4v) is 8.01. The highest BCUT2D eigenvalue weighted by atomic mass is 16.3. The van der Waals surface area contributed by atoms with E-state index >= 15 is 0 Å². The number of benzene rings is 7. The molecule has 0 aliphatic heterocycles. The number of fused-ring (bicyclic) bond motifs is 5. The van der Waals surface area contributed by atoms with Crippen molar-refractivity contribution in [1.29, 1.82) is 10.5 Å². The zero-order chi connectivity index (χ0) is 36.9. The molecule has 0 N–H and O–H groups in total. The van der Waals surface area contributed by atoms with E-state index in [9.17, 15) is 10.5 Å². The first-order valence-corrected chi connectivity index (χ1v) is 18.2. The van der Waals surface area contributed by atoms with Gasteiger partial charge in [-0.3, -0.25) is 0 Å².